The van der Waals surface area contributed by atoms with Crippen molar-refractivity contribution in [1.82, 2.24) is 0 Å². The number of rotatable bonds is 4. The minimum Gasteiger partial charge on any atom is -0.469 e. The van der Waals surface area contributed by atoms with Gasteiger partial charge in [-0.05, 0) is 29.0 Å². The zero-order valence-electron chi connectivity index (χ0n) is 11.7. The molecular weight excluding hydrogens is 258 g/mol. The van der Waals surface area contributed by atoms with E-state index in [2.05, 4.69) is 0 Å². The van der Waals surface area contributed by atoms with Crippen molar-refractivity contribution in [2.75, 3.05) is 7.11 Å². The minimum absolute atomic E-state index is 0.0707. The number of esters is 1. The molecule has 0 aromatic heterocycles. The van der Waals surface area contributed by atoms with Gasteiger partial charge in [-0.3, -0.25) is 14.9 Å². The Morgan fingerprint density at radius 1 is 1.35 bits per heavy atom. The number of nitro benzene ring substituents is 1. The zero-order chi connectivity index (χ0) is 14.9. The Kier molecular flexibility index (Phi) is 3.61. The quantitative estimate of drug-likeness (QED) is 0.481. The van der Waals surface area contributed by atoms with Crippen LogP contribution >= 0.6 is 0 Å². The molecule has 1 aliphatic rings. The molecule has 1 aliphatic carbocycles. The predicted octanol–water partition coefficient (Wildman–Crippen LogP) is 3.05. The van der Waals surface area contributed by atoms with Crippen LogP contribution in [0, 0.1) is 27.4 Å². The van der Waals surface area contributed by atoms with Gasteiger partial charge in [0.15, 0.2) is 0 Å². The fourth-order valence-electron chi connectivity index (χ4n) is 2.54. The van der Waals surface area contributed by atoms with Crippen LogP contribution in [0.4, 0.5) is 5.69 Å². The first kappa shape index (κ1) is 14.2. The van der Waals surface area contributed by atoms with E-state index in [1.54, 1.807) is 12.1 Å². The van der Waals surface area contributed by atoms with Crippen molar-refractivity contribution in [3.63, 3.8) is 0 Å². The third-order valence-corrected chi connectivity index (χ3v) is 3.97. The first-order chi connectivity index (χ1) is 9.37. The largest absolute Gasteiger partial charge is 0.469 e. The number of carbonyl (C=O) groups excluding carboxylic acids is 1. The van der Waals surface area contributed by atoms with Crippen molar-refractivity contribution in [1.29, 1.82) is 0 Å². The standard InChI is InChI=1S/C15H17NO4/c1-15(2)12(13(15)14(17)20-3)9-6-10-4-7-11(8-5-10)16(18)19/h4-9,12-13H,1-3H3/b9-6+/t12-,13+/m0/s1. The lowest BCUT2D eigenvalue weighted by Gasteiger charge is -1.99. The van der Waals surface area contributed by atoms with Crippen LogP contribution in [0.2, 0.25) is 0 Å². The Balaban J connectivity index is 2.07. The van der Waals surface area contributed by atoms with Gasteiger partial charge >= 0.3 is 5.97 Å². The minimum atomic E-state index is -0.426. The number of hydrogen-bond donors (Lipinski definition) is 0. The van der Waals surface area contributed by atoms with Gasteiger partial charge in [0, 0.05) is 12.1 Å². The molecule has 0 spiro atoms. The molecule has 0 saturated heterocycles. The van der Waals surface area contributed by atoms with E-state index in [9.17, 15) is 14.9 Å². The topological polar surface area (TPSA) is 69.4 Å². The molecule has 106 valence electrons. The van der Waals surface area contributed by atoms with Gasteiger partial charge < -0.3 is 4.74 Å². The molecule has 2 atom stereocenters. The molecule has 1 aromatic rings. The summed E-state index contributed by atoms with van der Waals surface area (Å²) >= 11 is 0. The third kappa shape index (κ3) is 2.57. The van der Waals surface area contributed by atoms with Crippen molar-refractivity contribution < 1.29 is 14.5 Å². The number of nitro groups is 1. The van der Waals surface area contributed by atoms with E-state index >= 15 is 0 Å². The molecule has 5 heteroatoms. The van der Waals surface area contributed by atoms with Crippen LogP contribution in [0.5, 0.6) is 0 Å². The maximum absolute atomic E-state index is 11.6. The second-order valence-corrected chi connectivity index (χ2v) is 5.56. The molecule has 0 N–H and O–H groups in total. The monoisotopic (exact) mass is 275 g/mol. The number of hydrogen-bond acceptors (Lipinski definition) is 4. The summed E-state index contributed by atoms with van der Waals surface area (Å²) < 4.78 is 4.79. The predicted molar refractivity (Wildman–Crippen MR) is 74.9 cm³/mol. The van der Waals surface area contributed by atoms with E-state index < -0.39 is 4.92 Å². The van der Waals surface area contributed by atoms with Crippen molar-refractivity contribution in [2.24, 2.45) is 17.3 Å². The SMILES string of the molecule is COC(=O)[C@H]1[C@H](/C=C/c2ccc([N+](=O)[O-])cc2)C1(C)C. The van der Waals surface area contributed by atoms with Gasteiger partial charge in [0.25, 0.3) is 5.69 Å². The summed E-state index contributed by atoms with van der Waals surface area (Å²) in [5.41, 5.74) is 0.855. The summed E-state index contributed by atoms with van der Waals surface area (Å²) in [7, 11) is 1.40. The lowest BCUT2D eigenvalue weighted by molar-refractivity contribution is -0.384. The molecule has 0 bridgehead atoms. The van der Waals surface area contributed by atoms with Gasteiger partial charge in [0.2, 0.25) is 0 Å². The highest BCUT2D eigenvalue weighted by atomic mass is 16.6. The van der Waals surface area contributed by atoms with Gasteiger partial charge in [0.1, 0.15) is 0 Å². The molecule has 0 amide bonds. The number of non-ortho nitro benzene ring substituents is 1. The van der Waals surface area contributed by atoms with Crippen molar-refractivity contribution in [2.45, 2.75) is 13.8 Å². The van der Waals surface area contributed by atoms with E-state index in [0.29, 0.717) is 0 Å². The van der Waals surface area contributed by atoms with E-state index in [1.165, 1.54) is 19.2 Å². The Bertz CT molecular complexity index is 560. The van der Waals surface area contributed by atoms with Crippen LogP contribution in [0.1, 0.15) is 19.4 Å². The van der Waals surface area contributed by atoms with E-state index in [4.69, 9.17) is 4.74 Å². The summed E-state index contributed by atoms with van der Waals surface area (Å²) in [5, 5.41) is 10.6. The van der Waals surface area contributed by atoms with Crippen LogP contribution in [-0.2, 0) is 9.53 Å². The van der Waals surface area contributed by atoms with Crippen molar-refractivity contribution in [3.8, 4) is 0 Å². The Hall–Kier alpha value is -2.17. The molecule has 5 nitrogen and oxygen atoms in total. The highest BCUT2D eigenvalue weighted by Crippen LogP contribution is 2.59. The molecule has 1 aromatic carbocycles. The molecule has 20 heavy (non-hydrogen) atoms. The van der Waals surface area contributed by atoms with E-state index in [0.717, 1.165) is 5.56 Å². The van der Waals surface area contributed by atoms with Gasteiger partial charge in [-0.2, -0.15) is 0 Å². The molecule has 1 saturated carbocycles. The molecule has 0 radical (unpaired) electrons. The first-order valence-corrected chi connectivity index (χ1v) is 6.38. The first-order valence-electron chi connectivity index (χ1n) is 6.38. The lowest BCUT2D eigenvalue weighted by Crippen LogP contribution is -2.07. The zero-order valence-corrected chi connectivity index (χ0v) is 11.7. The molecule has 0 aliphatic heterocycles. The fraction of sp³-hybridized carbons (Fsp3) is 0.400. The van der Waals surface area contributed by atoms with Crippen LogP contribution in [0.15, 0.2) is 30.3 Å². The smallest absolute Gasteiger partial charge is 0.309 e. The van der Waals surface area contributed by atoms with E-state index in [-0.39, 0.29) is 28.9 Å². The van der Waals surface area contributed by atoms with Gasteiger partial charge in [0.05, 0.1) is 18.0 Å². The number of methoxy groups -OCH3 is 1. The Morgan fingerprint density at radius 2 is 1.95 bits per heavy atom. The summed E-state index contributed by atoms with van der Waals surface area (Å²) in [5.74, 6) is -0.153. The highest BCUT2D eigenvalue weighted by Gasteiger charge is 2.61. The van der Waals surface area contributed by atoms with Gasteiger partial charge in [-0.1, -0.05) is 26.0 Å². The molecule has 2 rings (SSSR count). The maximum Gasteiger partial charge on any atom is 0.309 e. The maximum atomic E-state index is 11.6. The summed E-state index contributed by atoms with van der Waals surface area (Å²) in [4.78, 5) is 21.7. The second kappa shape index (κ2) is 5.07. The molecule has 0 heterocycles. The number of benzene rings is 1. The second-order valence-electron chi connectivity index (χ2n) is 5.56. The average Bonchev–Trinajstić information content (AvgIpc) is 2.97. The highest BCUT2D eigenvalue weighted by molar-refractivity contribution is 5.78. The number of carbonyl (C=O) groups is 1. The van der Waals surface area contributed by atoms with Gasteiger partial charge in [-0.25, -0.2) is 0 Å². The third-order valence-electron chi connectivity index (χ3n) is 3.97. The van der Waals surface area contributed by atoms with Crippen molar-refractivity contribution in [3.05, 3.63) is 46.0 Å². The molecule has 1 fully saturated rings. The van der Waals surface area contributed by atoms with Crippen LogP contribution in [-0.4, -0.2) is 18.0 Å². The lowest BCUT2D eigenvalue weighted by atomic mass is 10.1. The van der Waals surface area contributed by atoms with Crippen molar-refractivity contribution >= 4 is 17.7 Å². The number of allylic oxidation sites excluding steroid dienone is 1. The number of ether oxygens (including phenoxy) is 1. The summed E-state index contributed by atoms with van der Waals surface area (Å²) in [6.45, 7) is 4.05. The molecule has 0 unspecified atom stereocenters. The average molecular weight is 275 g/mol. The van der Waals surface area contributed by atoms with Crippen LogP contribution in [0.3, 0.4) is 0 Å². The van der Waals surface area contributed by atoms with Gasteiger partial charge in [-0.15, -0.1) is 0 Å². The normalized spacial score (nSPS) is 23.6. The summed E-state index contributed by atoms with van der Waals surface area (Å²) in [6.07, 6.45) is 3.86. The van der Waals surface area contributed by atoms with Crippen LogP contribution < -0.4 is 0 Å². The summed E-state index contributed by atoms with van der Waals surface area (Å²) in [6, 6.07) is 6.32. The number of nitrogens with zero attached hydrogens (tertiary/aromatic N) is 1. The molecular formula is C15H17NO4. The van der Waals surface area contributed by atoms with Crippen LogP contribution in [0.25, 0.3) is 6.08 Å². The fourth-order valence-corrected chi connectivity index (χ4v) is 2.54. The Labute approximate surface area is 117 Å². The van der Waals surface area contributed by atoms with E-state index in [1.807, 2.05) is 26.0 Å². The Morgan fingerprint density at radius 3 is 2.45 bits per heavy atom.